The Bertz CT molecular complexity index is 2140. The first kappa shape index (κ1) is 43.8. The monoisotopic (exact) mass is 858 g/mol. The van der Waals surface area contributed by atoms with Gasteiger partial charge in [0.2, 0.25) is 17.7 Å². The van der Waals surface area contributed by atoms with Crippen LogP contribution in [-0.2, 0) is 23.9 Å². The van der Waals surface area contributed by atoms with Gasteiger partial charge >= 0.3 is 12.1 Å². The van der Waals surface area contributed by atoms with Gasteiger partial charge < -0.3 is 40.2 Å². The summed E-state index contributed by atoms with van der Waals surface area (Å²) in [5.74, 6) is -2.03. The van der Waals surface area contributed by atoms with Crippen molar-refractivity contribution in [1.29, 1.82) is 0 Å². The molecule has 1 aliphatic heterocycles. The third-order valence-electron chi connectivity index (χ3n) is 12.3. The molecule has 0 bridgehead atoms. The van der Waals surface area contributed by atoms with E-state index < -0.39 is 53.5 Å². The van der Waals surface area contributed by atoms with Crippen LogP contribution in [0.5, 0.6) is 11.5 Å². The molecule has 0 radical (unpaired) electrons. The number of rotatable bonds is 14. The zero-order valence-electron chi connectivity index (χ0n) is 35.5. The second kappa shape index (κ2) is 18.4. The number of carbonyl (C=O) groups is 5. The van der Waals surface area contributed by atoms with Gasteiger partial charge in [-0.3, -0.25) is 14.4 Å². The third-order valence-corrected chi connectivity index (χ3v) is 13.1. The number of hydrogen-bond donors (Lipinski definition) is 4. The number of anilines is 1. The van der Waals surface area contributed by atoms with Crippen LogP contribution in [0.2, 0.25) is 0 Å². The standard InChI is InChI=1S/C45H58N6O9S/c1-6-27-22-45(27,41(55)56)50-39(53)35-20-30(24-51(35)40(54)38(26-13-9-7-10-14-26)49-43(57)60-28-15-11-8-12-16-28)59-36-21-33(46-32-19-29(58-5)17-18-31(32)36)34-25-61-42(47-34)48-37(52)23-44(2,3)4/h6,17-19,21,25-28,30,35,38H,1,7-16,20,22-24H2,2-5H3,(H,49,57)(H,50,53)(H,55,56)(H,47,48,52)/t27-,30-,35-,38+,45-/m1/s1. The van der Waals surface area contributed by atoms with E-state index >= 15 is 0 Å². The summed E-state index contributed by atoms with van der Waals surface area (Å²) in [6.45, 7) is 9.70. The summed E-state index contributed by atoms with van der Waals surface area (Å²) in [6, 6.07) is 5.07. The minimum atomic E-state index is -1.52. The quantitative estimate of drug-likeness (QED) is 0.119. The van der Waals surface area contributed by atoms with Gasteiger partial charge in [0.1, 0.15) is 47.0 Å². The van der Waals surface area contributed by atoms with E-state index in [4.69, 9.17) is 19.2 Å². The minimum absolute atomic E-state index is 0.0135. The smallest absolute Gasteiger partial charge is 0.408 e. The van der Waals surface area contributed by atoms with Crippen molar-refractivity contribution >= 4 is 57.2 Å². The van der Waals surface area contributed by atoms with Gasteiger partial charge in [0.15, 0.2) is 5.13 Å². The predicted molar refractivity (Wildman–Crippen MR) is 230 cm³/mol. The second-order valence-electron chi connectivity index (χ2n) is 18.2. The largest absolute Gasteiger partial charge is 0.497 e. The maximum Gasteiger partial charge on any atom is 0.408 e. The van der Waals surface area contributed by atoms with Crippen LogP contribution in [0.3, 0.4) is 0 Å². The first-order valence-corrected chi connectivity index (χ1v) is 22.4. The summed E-state index contributed by atoms with van der Waals surface area (Å²) in [4.78, 5) is 78.9. The van der Waals surface area contributed by atoms with Gasteiger partial charge in [-0.15, -0.1) is 17.9 Å². The van der Waals surface area contributed by atoms with Crippen LogP contribution in [0.15, 0.2) is 42.3 Å². The zero-order valence-corrected chi connectivity index (χ0v) is 36.3. The number of pyridine rings is 1. The molecule has 7 rings (SSSR count). The highest BCUT2D eigenvalue weighted by Gasteiger charge is 2.61. The molecule has 1 aromatic carbocycles. The number of hydrogen-bond acceptors (Lipinski definition) is 11. The lowest BCUT2D eigenvalue weighted by atomic mass is 9.83. The van der Waals surface area contributed by atoms with Crippen LogP contribution in [0.1, 0.15) is 104 Å². The number of alkyl carbamates (subject to hydrolysis) is 1. The number of fused-ring (bicyclic) bond motifs is 1. The Kier molecular flexibility index (Phi) is 13.2. The summed E-state index contributed by atoms with van der Waals surface area (Å²) in [5.41, 5.74) is -0.205. The van der Waals surface area contributed by atoms with E-state index in [1.807, 2.05) is 26.8 Å². The number of aliphatic carboxylic acids is 1. The van der Waals surface area contributed by atoms with Gasteiger partial charge in [-0.05, 0) is 68.4 Å². The number of thiazole rings is 1. The van der Waals surface area contributed by atoms with E-state index in [0.29, 0.717) is 45.3 Å². The molecule has 3 heterocycles. The highest BCUT2D eigenvalue weighted by Crippen LogP contribution is 2.45. The number of ether oxygens (including phenoxy) is 3. The number of nitrogens with one attached hydrogen (secondary N) is 3. The first-order chi connectivity index (χ1) is 29.2. The van der Waals surface area contributed by atoms with E-state index in [9.17, 15) is 29.1 Å². The van der Waals surface area contributed by atoms with Crippen molar-refractivity contribution in [3.05, 3.63) is 42.3 Å². The van der Waals surface area contributed by atoms with Crippen LogP contribution in [0, 0.1) is 17.3 Å². The number of likely N-dealkylation sites (tertiary alicyclic amines) is 1. The molecule has 3 aromatic rings. The van der Waals surface area contributed by atoms with Crippen molar-refractivity contribution in [2.45, 2.75) is 134 Å². The molecule has 2 aromatic heterocycles. The lowest BCUT2D eigenvalue weighted by molar-refractivity contribution is -0.146. The zero-order chi connectivity index (χ0) is 43.5. The highest BCUT2D eigenvalue weighted by molar-refractivity contribution is 7.14. The number of nitrogens with zero attached hydrogens (tertiary/aromatic N) is 3. The van der Waals surface area contributed by atoms with Gasteiger partial charge in [0, 0.05) is 41.7 Å². The number of carboxylic acid groups (broad SMARTS) is 1. The molecule has 4 amide bonds. The average Bonchev–Trinajstić information content (AvgIpc) is 3.50. The number of aromatic nitrogens is 2. The van der Waals surface area contributed by atoms with Crippen molar-refractivity contribution in [1.82, 2.24) is 25.5 Å². The molecule has 15 nitrogen and oxygen atoms in total. The van der Waals surface area contributed by atoms with Gasteiger partial charge in [-0.25, -0.2) is 19.6 Å². The molecule has 3 aliphatic carbocycles. The van der Waals surface area contributed by atoms with Crippen LogP contribution in [0.4, 0.5) is 9.93 Å². The van der Waals surface area contributed by atoms with Crippen LogP contribution >= 0.6 is 11.3 Å². The fourth-order valence-electron chi connectivity index (χ4n) is 9.02. The lowest BCUT2D eigenvalue weighted by Gasteiger charge is -2.35. The molecule has 0 spiro atoms. The Labute approximate surface area is 360 Å². The fraction of sp³-hybridized carbons (Fsp3) is 0.578. The summed E-state index contributed by atoms with van der Waals surface area (Å²) in [5, 5.41) is 21.6. The van der Waals surface area contributed by atoms with Crippen molar-refractivity contribution in [3.8, 4) is 22.9 Å². The Morgan fingerprint density at radius 1 is 1.00 bits per heavy atom. The molecule has 0 unspecified atom stereocenters. The Morgan fingerprint density at radius 3 is 2.38 bits per heavy atom. The van der Waals surface area contributed by atoms with E-state index in [1.165, 1.54) is 22.3 Å². The minimum Gasteiger partial charge on any atom is -0.497 e. The Hall–Kier alpha value is -5.25. The van der Waals surface area contributed by atoms with E-state index in [1.54, 1.807) is 30.7 Å². The Balaban J connectivity index is 1.19. The molecule has 61 heavy (non-hydrogen) atoms. The number of methoxy groups -OCH3 is 1. The second-order valence-corrected chi connectivity index (χ2v) is 19.0. The van der Waals surface area contributed by atoms with Crippen LogP contribution in [-0.4, -0.2) is 93.2 Å². The summed E-state index contributed by atoms with van der Waals surface area (Å²) in [7, 11) is 1.56. The Morgan fingerprint density at radius 2 is 1.72 bits per heavy atom. The maximum atomic E-state index is 14.9. The molecule has 1 saturated heterocycles. The van der Waals surface area contributed by atoms with Gasteiger partial charge in [-0.2, -0.15) is 0 Å². The SMILES string of the molecule is C=C[C@@H]1C[C@]1(NC(=O)[C@H]1C[C@@H](Oc2cc(-c3csc(NC(=O)CC(C)(C)C)n3)nc3cc(OC)ccc23)CN1C(=O)[C@@H](NC(=O)OC1CCCCC1)C1CCCCC1)C(=O)O. The van der Waals surface area contributed by atoms with Gasteiger partial charge in [0.25, 0.3) is 0 Å². The maximum absolute atomic E-state index is 14.9. The van der Waals surface area contributed by atoms with Crippen LogP contribution in [0.25, 0.3) is 22.3 Å². The number of benzene rings is 1. The summed E-state index contributed by atoms with van der Waals surface area (Å²) >= 11 is 1.27. The molecule has 16 heteroatoms. The predicted octanol–water partition coefficient (Wildman–Crippen LogP) is 7.24. The van der Waals surface area contributed by atoms with Crippen molar-refractivity contribution in [2.24, 2.45) is 17.3 Å². The molecule has 4 fully saturated rings. The van der Waals surface area contributed by atoms with Gasteiger partial charge in [0.05, 0.1) is 24.9 Å². The third kappa shape index (κ3) is 10.3. The van der Waals surface area contributed by atoms with Crippen molar-refractivity contribution in [2.75, 3.05) is 19.0 Å². The molecule has 328 valence electrons. The number of carboxylic acids is 1. The average molecular weight is 859 g/mol. The molecule has 4 N–H and O–H groups in total. The van der Waals surface area contributed by atoms with Crippen molar-refractivity contribution < 1.29 is 43.3 Å². The topological polar surface area (TPSA) is 198 Å². The highest BCUT2D eigenvalue weighted by atomic mass is 32.1. The summed E-state index contributed by atoms with van der Waals surface area (Å²) < 4.78 is 18.1. The number of carbonyl (C=O) groups excluding carboxylic acids is 4. The molecular formula is C45H58N6O9S. The number of amides is 4. The molecule has 4 aliphatic rings. The fourth-order valence-corrected chi connectivity index (χ4v) is 9.74. The molecule has 3 saturated carbocycles. The van der Waals surface area contributed by atoms with E-state index in [0.717, 1.165) is 64.2 Å². The van der Waals surface area contributed by atoms with E-state index in [-0.39, 0.29) is 42.7 Å². The first-order valence-electron chi connectivity index (χ1n) is 21.5. The van der Waals surface area contributed by atoms with Crippen LogP contribution < -0.4 is 25.4 Å². The molecular weight excluding hydrogens is 801 g/mol. The normalized spacial score (nSPS) is 23.7. The molecule has 5 atom stereocenters. The summed E-state index contributed by atoms with van der Waals surface area (Å²) in [6.07, 6.45) is 9.35. The van der Waals surface area contributed by atoms with E-state index in [2.05, 4.69) is 27.5 Å². The van der Waals surface area contributed by atoms with Crippen molar-refractivity contribution in [3.63, 3.8) is 0 Å². The van der Waals surface area contributed by atoms with Gasteiger partial charge in [-0.1, -0.05) is 52.5 Å². The lowest BCUT2D eigenvalue weighted by Crippen LogP contribution is -2.58.